The van der Waals surface area contributed by atoms with Gasteiger partial charge in [0.25, 0.3) is 0 Å². The smallest absolute Gasteiger partial charge is 0.407 e. The van der Waals surface area contributed by atoms with Crippen molar-refractivity contribution in [2.75, 3.05) is 32.4 Å². The maximum absolute atomic E-state index is 12.4. The highest BCUT2D eigenvalue weighted by atomic mass is 32.2. The maximum atomic E-state index is 12.4. The second kappa shape index (κ2) is 9.27. The van der Waals surface area contributed by atoms with Gasteiger partial charge in [-0.1, -0.05) is 18.2 Å². The molecule has 1 fully saturated rings. The lowest BCUT2D eigenvalue weighted by molar-refractivity contribution is 0.0507. The minimum Gasteiger partial charge on any atom is -0.444 e. The van der Waals surface area contributed by atoms with Gasteiger partial charge in [-0.2, -0.15) is 0 Å². The van der Waals surface area contributed by atoms with Crippen LogP contribution in [0, 0.1) is 0 Å². The van der Waals surface area contributed by atoms with E-state index in [0.717, 1.165) is 6.42 Å². The molecule has 1 aromatic carbocycles. The molecule has 0 spiro atoms. The molecule has 28 heavy (non-hydrogen) atoms. The molecule has 0 aromatic heterocycles. The SMILES string of the molecule is CN=C(NCCS(=O)(=O)c1ccccc1)N1CCC(NC(=O)OC(C)(C)C)C1. The van der Waals surface area contributed by atoms with Gasteiger partial charge in [-0.3, -0.25) is 4.99 Å². The zero-order valence-electron chi connectivity index (χ0n) is 16.9. The van der Waals surface area contributed by atoms with Crippen molar-refractivity contribution >= 4 is 21.9 Å². The maximum Gasteiger partial charge on any atom is 0.407 e. The van der Waals surface area contributed by atoms with Crippen molar-refractivity contribution in [3.63, 3.8) is 0 Å². The lowest BCUT2D eigenvalue weighted by Gasteiger charge is -2.23. The van der Waals surface area contributed by atoms with Crippen molar-refractivity contribution in [3.8, 4) is 0 Å². The Hall–Kier alpha value is -2.29. The number of carbonyl (C=O) groups is 1. The minimum atomic E-state index is -3.34. The Morgan fingerprint density at radius 1 is 1.29 bits per heavy atom. The molecule has 0 aliphatic carbocycles. The first-order chi connectivity index (χ1) is 13.1. The van der Waals surface area contributed by atoms with E-state index in [0.29, 0.717) is 23.9 Å². The van der Waals surface area contributed by atoms with Gasteiger partial charge in [0.15, 0.2) is 15.8 Å². The van der Waals surface area contributed by atoms with E-state index in [2.05, 4.69) is 15.6 Å². The molecule has 1 aliphatic heterocycles. The Bertz CT molecular complexity index is 788. The fraction of sp³-hybridized carbons (Fsp3) is 0.579. The van der Waals surface area contributed by atoms with Crippen LogP contribution in [0.25, 0.3) is 0 Å². The minimum absolute atomic E-state index is 0.0243. The monoisotopic (exact) mass is 410 g/mol. The van der Waals surface area contributed by atoms with Gasteiger partial charge in [0.2, 0.25) is 0 Å². The molecule has 1 atom stereocenters. The van der Waals surface area contributed by atoms with Crippen LogP contribution in [0.5, 0.6) is 0 Å². The Balaban J connectivity index is 1.82. The van der Waals surface area contributed by atoms with Crippen LogP contribution < -0.4 is 10.6 Å². The van der Waals surface area contributed by atoms with Gasteiger partial charge in [0, 0.05) is 26.7 Å². The van der Waals surface area contributed by atoms with Crippen molar-refractivity contribution in [3.05, 3.63) is 30.3 Å². The first-order valence-electron chi connectivity index (χ1n) is 9.33. The number of rotatable bonds is 5. The highest BCUT2D eigenvalue weighted by Crippen LogP contribution is 2.12. The molecule has 1 aromatic rings. The van der Waals surface area contributed by atoms with Crippen LogP contribution in [0.2, 0.25) is 0 Å². The normalized spacial score (nSPS) is 18.1. The van der Waals surface area contributed by atoms with Gasteiger partial charge in [-0.05, 0) is 39.3 Å². The molecule has 1 heterocycles. The van der Waals surface area contributed by atoms with Crippen LogP contribution in [0.1, 0.15) is 27.2 Å². The Morgan fingerprint density at radius 2 is 1.96 bits per heavy atom. The number of nitrogens with zero attached hydrogens (tertiary/aromatic N) is 2. The van der Waals surface area contributed by atoms with Crippen LogP contribution in [0.3, 0.4) is 0 Å². The molecule has 8 nitrogen and oxygen atoms in total. The largest absolute Gasteiger partial charge is 0.444 e. The lowest BCUT2D eigenvalue weighted by Crippen LogP contribution is -2.45. The first-order valence-corrected chi connectivity index (χ1v) is 11.0. The zero-order valence-corrected chi connectivity index (χ0v) is 17.8. The van der Waals surface area contributed by atoms with E-state index < -0.39 is 21.5 Å². The standard InChI is InChI=1S/C19H30N4O4S/c1-19(2,3)27-18(24)22-15-10-12-23(14-15)17(20-4)21-11-13-28(25,26)16-8-6-5-7-9-16/h5-9,15H,10-14H2,1-4H3,(H,20,21)(H,22,24). The van der Waals surface area contributed by atoms with Gasteiger partial charge in [-0.15, -0.1) is 0 Å². The van der Waals surface area contributed by atoms with Gasteiger partial charge in [0.05, 0.1) is 16.7 Å². The summed E-state index contributed by atoms with van der Waals surface area (Å²) in [5.41, 5.74) is -0.537. The average Bonchev–Trinajstić information content (AvgIpc) is 3.06. The number of guanidine groups is 1. The summed E-state index contributed by atoms with van der Waals surface area (Å²) in [5, 5.41) is 5.97. The van der Waals surface area contributed by atoms with Crippen LogP contribution in [-0.4, -0.2) is 69.4 Å². The first kappa shape index (κ1) is 22.0. The van der Waals surface area contributed by atoms with Gasteiger partial charge in [0.1, 0.15) is 5.60 Å². The predicted octanol–water partition coefficient (Wildman–Crippen LogP) is 1.63. The number of hydrogen-bond acceptors (Lipinski definition) is 5. The number of carbonyl (C=O) groups excluding carboxylic acids is 1. The summed E-state index contributed by atoms with van der Waals surface area (Å²) >= 11 is 0. The Morgan fingerprint density at radius 3 is 2.57 bits per heavy atom. The van der Waals surface area contributed by atoms with Crippen LogP contribution >= 0.6 is 0 Å². The highest BCUT2D eigenvalue weighted by molar-refractivity contribution is 7.91. The molecular formula is C19H30N4O4S. The van der Waals surface area contributed by atoms with E-state index in [1.165, 1.54) is 0 Å². The molecule has 1 aliphatic rings. The number of alkyl carbamates (subject to hydrolysis) is 1. The summed E-state index contributed by atoms with van der Waals surface area (Å²) in [4.78, 5) is 18.5. The Kier molecular flexibility index (Phi) is 7.29. The number of aliphatic imine (C=N–C) groups is 1. The third-order valence-corrected chi connectivity index (χ3v) is 5.91. The number of hydrogen-bond donors (Lipinski definition) is 2. The topological polar surface area (TPSA) is 100 Å². The number of benzene rings is 1. The fourth-order valence-corrected chi connectivity index (χ4v) is 4.10. The molecule has 1 amide bonds. The average molecular weight is 411 g/mol. The number of amides is 1. The van der Waals surface area contributed by atoms with Crippen molar-refractivity contribution in [1.29, 1.82) is 0 Å². The molecule has 1 saturated heterocycles. The van der Waals surface area contributed by atoms with E-state index in [1.807, 2.05) is 25.7 Å². The molecule has 2 N–H and O–H groups in total. The van der Waals surface area contributed by atoms with Crippen molar-refractivity contribution < 1.29 is 17.9 Å². The number of nitrogens with one attached hydrogen (secondary N) is 2. The van der Waals surface area contributed by atoms with Gasteiger partial charge < -0.3 is 20.3 Å². The lowest BCUT2D eigenvalue weighted by atomic mass is 10.2. The molecule has 2 rings (SSSR count). The summed E-state index contributed by atoms with van der Waals surface area (Å²) in [6.45, 7) is 7.02. The second-order valence-electron chi connectivity index (χ2n) is 7.68. The van der Waals surface area contributed by atoms with Crippen LogP contribution in [0.4, 0.5) is 4.79 Å². The summed E-state index contributed by atoms with van der Waals surface area (Å²) in [5.74, 6) is 0.598. The molecule has 9 heteroatoms. The molecule has 156 valence electrons. The molecule has 0 bridgehead atoms. The van der Waals surface area contributed by atoms with Gasteiger partial charge in [-0.25, -0.2) is 13.2 Å². The van der Waals surface area contributed by atoms with Crippen molar-refractivity contribution in [2.45, 2.75) is 43.7 Å². The third kappa shape index (κ3) is 6.70. The zero-order chi connectivity index (χ0) is 20.8. The molecular weight excluding hydrogens is 380 g/mol. The van der Waals surface area contributed by atoms with E-state index in [-0.39, 0.29) is 18.3 Å². The van der Waals surface area contributed by atoms with Crippen molar-refractivity contribution in [2.24, 2.45) is 4.99 Å². The van der Waals surface area contributed by atoms with E-state index >= 15 is 0 Å². The fourth-order valence-electron chi connectivity index (χ4n) is 2.92. The summed E-state index contributed by atoms with van der Waals surface area (Å²) in [6.07, 6.45) is 0.332. The van der Waals surface area contributed by atoms with E-state index in [4.69, 9.17) is 4.74 Å². The Labute approximate surface area is 167 Å². The highest BCUT2D eigenvalue weighted by Gasteiger charge is 2.28. The van der Waals surface area contributed by atoms with E-state index in [9.17, 15) is 13.2 Å². The quantitative estimate of drug-likeness (QED) is 0.565. The third-order valence-electron chi connectivity index (χ3n) is 4.18. The number of likely N-dealkylation sites (tertiary alicyclic amines) is 1. The molecule has 0 saturated carbocycles. The molecule has 1 unspecified atom stereocenters. The van der Waals surface area contributed by atoms with Crippen LogP contribution in [-0.2, 0) is 14.6 Å². The molecule has 0 radical (unpaired) electrons. The van der Waals surface area contributed by atoms with E-state index in [1.54, 1.807) is 37.4 Å². The summed E-state index contributed by atoms with van der Waals surface area (Å²) in [6, 6.07) is 8.35. The number of sulfone groups is 1. The van der Waals surface area contributed by atoms with Crippen LogP contribution in [0.15, 0.2) is 40.2 Å². The van der Waals surface area contributed by atoms with Crippen molar-refractivity contribution in [1.82, 2.24) is 15.5 Å². The summed E-state index contributed by atoms with van der Waals surface area (Å²) < 4.78 is 30.0. The number of ether oxygens (including phenoxy) is 1. The van der Waals surface area contributed by atoms with Gasteiger partial charge >= 0.3 is 6.09 Å². The second-order valence-corrected chi connectivity index (χ2v) is 9.79. The predicted molar refractivity (Wildman–Crippen MR) is 109 cm³/mol. The summed E-state index contributed by atoms with van der Waals surface area (Å²) in [7, 11) is -1.69.